The van der Waals surface area contributed by atoms with Gasteiger partial charge in [-0.3, -0.25) is 0 Å². The zero-order valence-electron chi connectivity index (χ0n) is 11.4. The number of anilines is 1. The minimum absolute atomic E-state index is 0.137. The normalized spacial score (nSPS) is 11.3. The van der Waals surface area contributed by atoms with Gasteiger partial charge in [0.15, 0.2) is 0 Å². The third kappa shape index (κ3) is 2.96. The van der Waals surface area contributed by atoms with Crippen molar-refractivity contribution in [2.75, 3.05) is 5.73 Å². The standard InChI is InChI=1S/C15H10F3NO4/c16-15(17,18)11-10(14(22)23)8(7-4-2-1-3-5-7)6-9(12(11)19)13(20)21/h1-6H,19H2,(H,20,21)(H,22,23). The Balaban J connectivity index is 2.99. The molecule has 0 saturated heterocycles. The summed E-state index contributed by atoms with van der Waals surface area (Å²) in [6, 6.07) is 8.17. The molecule has 8 heteroatoms. The second-order valence-corrected chi connectivity index (χ2v) is 4.61. The van der Waals surface area contributed by atoms with Crippen molar-refractivity contribution < 1.29 is 33.0 Å². The number of carboxylic acids is 2. The molecule has 5 nitrogen and oxygen atoms in total. The fraction of sp³-hybridized carbons (Fsp3) is 0.0667. The van der Waals surface area contributed by atoms with Crippen molar-refractivity contribution in [3.63, 3.8) is 0 Å². The molecule has 0 aliphatic carbocycles. The molecule has 0 radical (unpaired) electrons. The predicted octanol–water partition coefficient (Wildman–Crippen LogP) is 3.35. The van der Waals surface area contributed by atoms with Crippen molar-refractivity contribution in [2.45, 2.75) is 6.18 Å². The molecule has 0 fully saturated rings. The van der Waals surface area contributed by atoms with Crippen LogP contribution in [0.5, 0.6) is 0 Å². The van der Waals surface area contributed by atoms with E-state index in [-0.39, 0.29) is 11.1 Å². The topological polar surface area (TPSA) is 101 Å². The highest BCUT2D eigenvalue weighted by molar-refractivity contribution is 6.05. The lowest BCUT2D eigenvalue weighted by atomic mass is 9.90. The lowest BCUT2D eigenvalue weighted by Gasteiger charge is -2.18. The van der Waals surface area contributed by atoms with Gasteiger partial charge in [0.1, 0.15) is 0 Å². The van der Waals surface area contributed by atoms with Crippen LogP contribution in [0.2, 0.25) is 0 Å². The van der Waals surface area contributed by atoms with E-state index in [0.717, 1.165) is 6.07 Å². The zero-order chi connectivity index (χ0) is 17.4. The zero-order valence-corrected chi connectivity index (χ0v) is 11.4. The molecule has 0 heterocycles. The first-order chi connectivity index (χ1) is 10.6. The molecule has 2 rings (SSSR count). The van der Waals surface area contributed by atoms with Gasteiger partial charge >= 0.3 is 18.1 Å². The van der Waals surface area contributed by atoms with Gasteiger partial charge in [-0.15, -0.1) is 0 Å². The molecule has 0 amide bonds. The van der Waals surface area contributed by atoms with Crippen LogP contribution in [0.25, 0.3) is 11.1 Å². The Labute approximate surface area is 127 Å². The molecule has 0 aliphatic rings. The largest absolute Gasteiger partial charge is 0.478 e. The molecule has 120 valence electrons. The monoisotopic (exact) mass is 325 g/mol. The highest BCUT2D eigenvalue weighted by Crippen LogP contribution is 2.42. The van der Waals surface area contributed by atoms with E-state index in [4.69, 9.17) is 10.8 Å². The number of aromatic carboxylic acids is 2. The number of carbonyl (C=O) groups is 2. The van der Waals surface area contributed by atoms with Gasteiger partial charge in [-0.1, -0.05) is 30.3 Å². The second kappa shape index (κ2) is 5.64. The van der Waals surface area contributed by atoms with Crippen LogP contribution in [0.15, 0.2) is 36.4 Å². The van der Waals surface area contributed by atoms with E-state index in [2.05, 4.69) is 0 Å². The van der Waals surface area contributed by atoms with Crippen LogP contribution in [0.3, 0.4) is 0 Å². The van der Waals surface area contributed by atoms with E-state index in [1.54, 1.807) is 6.07 Å². The summed E-state index contributed by atoms with van der Waals surface area (Å²) in [4.78, 5) is 22.6. The molecule has 0 aliphatic heterocycles. The highest BCUT2D eigenvalue weighted by atomic mass is 19.4. The van der Waals surface area contributed by atoms with Gasteiger partial charge in [0.2, 0.25) is 0 Å². The first-order valence-electron chi connectivity index (χ1n) is 6.20. The molecular formula is C15H10F3NO4. The Hall–Kier alpha value is -3.03. The summed E-state index contributed by atoms with van der Waals surface area (Å²) in [5.41, 5.74) is 0.397. The van der Waals surface area contributed by atoms with E-state index in [1.165, 1.54) is 24.3 Å². The van der Waals surface area contributed by atoms with E-state index in [1.807, 2.05) is 0 Å². The van der Waals surface area contributed by atoms with Crippen LogP contribution < -0.4 is 5.73 Å². The molecule has 0 saturated carbocycles. The summed E-state index contributed by atoms with van der Waals surface area (Å²) in [5, 5.41) is 18.3. The maximum absolute atomic E-state index is 13.3. The highest BCUT2D eigenvalue weighted by Gasteiger charge is 2.41. The van der Waals surface area contributed by atoms with Crippen molar-refractivity contribution in [2.24, 2.45) is 0 Å². The van der Waals surface area contributed by atoms with Crippen molar-refractivity contribution >= 4 is 17.6 Å². The molecule has 4 N–H and O–H groups in total. The summed E-state index contributed by atoms with van der Waals surface area (Å²) < 4.78 is 39.8. The van der Waals surface area contributed by atoms with Gasteiger partial charge in [-0.05, 0) is 17.2 Å². The van der Waals surface area contributed by atoms with Crippen molar-refractivity contribution in [1.82, 2.24) is 0 Å². The van der Waals surface area contributed by atoms with Crippen molar-refractivity contribution in [1.29, 1.82) is 0 Å². The number of nitrogens with two attached hydrogens (primary N) is 1. The summed E-state index contributed by atoms with van der Waals surface area (Å²) in [6.45, 7) is 0. The lowest BCUT2D eigenvalue weighted by molar-refractivity contribution is -0.137. The molecule has 0 unspecified atom stereocenters. The number of hydrogen-bond acceptors (Lipinski definition) is 3. The Morgan fingerprint density at radius 2 is 1.57 bits per heavy atom. The van der Waals surface area contributed by atoms with Gasteiger partial charge in [0.25, 0.3) is 0 Å². The van der Waals surface area contributed by atoms with Crippen molar-refractivity contribution in [3.05, 3.63) is 53.1 Å². The second-order valence-electron chi connectivity index (χ2n) is 4.61. The molecule has 0 aromatic heterocycles. The maximum atomic E-state index is 13.3. The van der Waals surface area contributed by atoms with Crippen LogP contribution >= 0.6 is 0 Å². The summed E-state index contributed by atoms with van der Waals surface area (Å²) >= 11 is 0. The summed E-state index contributed by atoms with van der Waals surface area (Å²) in [7, 11) is 0. The Morgan fingerprint density at radius 3 is 2.00 bits per heavy atom. The van der Waals surface area contributed by atoms with Crippen LogP contribution in [0.4, 0.5) is 18.9 Å². The fourth-order valence-corrected chi connectivity index (χ4v) is 2.24. The van der Waals surface area contributed by atoms with Gasteiger partial charge in [0.05, 0.1) is 22.4 Å². The third-order valence-corrected chi connectivity index (χ3v) is 3.18. The minimum atomic E-state index is -5.12. The molecule has 2 aromatic carbocycles. The van der Waals surface area contributed by atoms with Gasteiger partial charge in [-0.25, -0.2) is 9.59 Å². The van der Waals surface area contributed by atoms with Crippen molar-refractivity contribution in [3.8, 4) is 11.1 Å². The van der Waals surface area contributed by atoms with Crippen LogP contribution in [0.1, 0.15) is 26.3 Å². The Bertz CT molecular complexity index is 786. The first kappa shape index (κ1) is 16.3. The third-order valence-electron chi connectivity index (χ3n) is 3.18. The smallest absolute Gasteiger partial charge is 0.419 e. The summed E-state index contributed by atoms with van der Waals surface area (Å²) in [5.74, 6) is -3.53. The molecule has 0 bridgehead atoms. The SMILES string of the molecule is Nc1c(C(=O)O)cc(-c2ccccc2)c(C(=O)O)c1C(F)(F)F. The first-order valence-corrected chi connectivity index (χ1v) is 6.20. The average Bonchev–Trinajstić information content (AvgIpc) is 2.45. The fourth-order valence-electron chi connectivity index (χ4n) is 2.24. The number of rotatable bonds is 3. The number of halogens is 3. The van der Waals surface area contributed by atoms with E-state index in [0.29, 0.717) is 0 Å². The van der Waals surface area contributed by atoms with Gasteiger partial charge < -0.3 is 15.9 Å². The number of nitrogen functional groups attached to an aromatic ring is 1. The van der Waals surface area contributed by atoms with E-state index < -0.39 is 40.5 Å². The van der Waals surface area contributed by atoms with Crippen LogP contribution in [-0.4, -0.2) is 22.2 Å². The molecule has 23 heavy (non-hydrogen) atoms. The average molecular weight is 325 g/mol. The number of carboxylic acid groups (broad SMARTS) is 2. The Kier molecular flexibility index (Phi) is 4.00. The van der Waals surface area contributed by atoms with Gasteiger partial charge in [0, 0.05) is 0 Å². The number of benzene rings is 2. The Morgan fingerprint density at radius 1 is 1.00 bits per heavy atom. The molecule has 0 atom stereocenters. The molecule has 0 spiro atoms. The number of hydrogen-bond donors (Lipinski definition) is 3. The molecular weight excluding hydrogens is 315 g/mol. The quantitative estimate of drug-likeness (QED) is 0.751. The minimum Gasteiger partial charge on any atom is -0.478 e. The lowest BCUT2D eigenvalue weighted by Crippen LogP contribution is -2.20. The molecule has 2 aromatic rings. The van der Waals surface area contributed by atoms with E-state index >= 15 is 0 Å². The predicted molar refractivity (Wildman–Crippen MR) is 75.2 cm³/mol. The maximum Gasteiger partial charge on any atom is 0.419 e. The number of alkyl halides is 3. The summed E-state index contributed by atoms with van der Waals surface area (Å²) in [6.07, 6.45) is -5.12. The van der Waals surface area contributed by atoms with Crippen LogP contribution in [0, 0.1) is 0 Å². The van der Waals surface area contributed by atoms with Crippen LogP contribution in [-0.2, 0) is 6.18 Å². The van der Waals surface area contributed by atoms with Gasteiger partial charge in [-0.2, -0.15) is 13.2 Å². The van der Waals surface area contributed by atoms with E-state index in [9.17, 15) is 27.9 Å².